The zero-order chi connectivity index (χ0) is 11.2. The summed E-state index contributed by atoms with van der Waals surface area (Å²) in [6.45, 7) is 4.27. The predicted octanol–water partition coefficient (Wildman–Crippen LogP) is 2.57. The van der Waals surface area contributed by atoms with Gasteiger partial charge in [-0.05, 0) is 44.2 Å². The van der Waals surface area contributed by atoms with Crippen LogP contribution in [-0.4, -0.2) is 16.7 Å². The SMILES string of the molecule is CCCCNCc1n[nH]c2c1CCCCC2. The van der Waals surface area contributed by atoms with Crippen molar-refractivity contribution in [1.29, 1.82) is 0 Å². The molecule has 2 N–H and O–H groups in total. The molecule has 0 radical (unpaired) electrons. The Bertz CT molecular complexity index is 317. The molecule has 3 heteroatoms. The minimum atomic E-state index is 0.936. The van der Waals surface area contributed by atoms with Crippen LogP contribution in [0.15, 0.2) is 0 Å². The lowest BCUT2D eigenvalue weighted by Crippen LogP contribution is -2.15. The summed E-state index contributed by atoms with van der Waals surface area (Å²) in [4.78, 5) is 0. The fraction of sp³-hybridized carbons (Fsp3) is 0.769. The standard InChI is InChI=1S/C13H23N3/c1-2-3-9-14-10-13-11-7-5-4-6-8-12(11)15-16-13/h14H,2-10H2,1H3,(H,15,16). The molecule has 0 saturated heterocycles. The van der Waals surface area contributed by atoms with Gasteiger partial charge in [0.2, 0.25) is 0 Å². The second kappa shape index (κ2) is 6.04. The van der Waals surface area contributed by atoms with Crippen LogP contribution < -0.4 is 5.32 Å². The highest BCUT2D eigenvalue weighted by Gasteiger charge is 2.14. The number of nitrogens with zero attached hydrogens (tertiary/aromatic N) is 1. The molecule has 0 amide bonds. The summed E-state index contributed by atoms with van der Waals surface area (Å²) in [6.07, 6.45) is 8.93. The summed E-state index contributed by atoms with van der Waals surface area (Å²) >= 11 is 0. The van der Waals surface area contributed by atoms with Crippen molar-refractivity contribution in [3.05, 3.63) is 17.0 Å². The maximum Gasteiger partial charge on any atom is 0.0794 e. The highest BCUT2D eigenvalue weighted by Crippen LogP contribution is 2.21. The number of nitrogens with one attached hydrogen (secondary N) is 2. The van der Waals surface area contributed by atoms with E-state index in [0.29, 0.717) is 0 Å². The van der Waals surface area contributed by atoms with Crippen molar-refractivity contribution in [3.63, 3.8) is 0 Å². The Hall–Kier alpha value is -0.830. The summed E-state index contributed by atoms with van der Waals surface area (Å²) < 4.78 is 0. The lowest BCUT2D eigenvalue weighted by atomic mass is 10.1. The molecule has 0 spiro atoms. The van der Waals surface area contributed by atoms with Gasteiger partial charge in [0.05, 0.1) is 5.69 Å². The molecule has 1 aromatic heterocycles. The van der Waals surface area contributed by atoms with Crippen LogP contribution in [0.2, 0.25) is 0 Å². The number of aromatic amines is 1. The maximum atomic E-state index is 4.45. The molecule has 1 aliphatic carbocycles. The van der Waals surface area contributed by atoms with E-state index in [1.54, 1.807) is 0 Å². The van der Waals surface area contributed by atoms with Gasteiger partial charge in [-0.15, -0.1) is 0 Å². The number of aryl methyl sites for hydroxylation is 1. The normalized spacial score (nSPS) is 15.8. The van der Waals surface area contributed by atoms with Crippen molar-refractivity contribution >= 4 is 0 Å². The van der Waals surface area contributed by atoms with E-state index in [1.807, 2.05) is 0 Å². The first-order chi connectivity index (χ1) is 7.92. The average molecular weight is 221 g/mol. The predicted molar refractivity (Wildman–Crippen MR) is 66.5 cm³/mol. The molecule has 1 aromatic rings. The molecule has 0 saturated carbocycles. The Morgan fingerprint density at radius 2 is 2.12 bits per heavy atom. The third-order valence-electron chi connectivity index (χ3n) is 3.39. The zero-order valence-corrected chi connectivity index (χ0v) is 10.3. The van der Waals surface area contributed by atoms with Crippen LogP contribution in [0.1, 0.15) is 56.0 Å². The second-order valence-corrected chi connectivity index (χ2v) is 4.72. The van der Waals surface area contributed by atoms with Crippen LogP contribution >= 0.6 is 0 Å². The van der Waals surface area contributed by atoms with E-state index in [-0.39, 0.29) is 0 Å². The van der Waals surface area contributed by atoms with E-state index in [9.17, 15) is 0 Å². The van der Waals surface area contributed by atoms with Crippen LogP contribution in [-0.2, 0) is 19.4 Å². The van der Waals surface area contributed by atoms with Crippen molar-refractivity contribution in [2.75, 3.05) is 6.54 Å². The molecule has 16 heavy (non-hydrogen) atoms. The van der Waals surface area contributed by atoms with Gasteiger partial charge in [-0.25, -0.2) is 0 Å². The van der Waals surface area contributed by atoms with Gasteiger partial charge >= 0.3 is 0 Å². The van der Waals surface area contributed by atoms with Crippen LogP contribution in [0.4, 0.5) is 0 Å². The highest BCUT2D eigenvalue weighted by atomic mass is 15.1. The lowest BCUT2D eigenvalue weighted by Gasteiger charge is -2.04. The van der Waals surface area contributed by atoms with Gasteiger partial charge in [0.1, 0.15) is 0 Å². The zero-order valence-electron chi connectivity index (χ0n) is 10.3. The summed E-state index contributed by atoms with van der Waals surface area (Å²) in [5.74, 6) is 0. The van der Waals surface area contributed by atoms with Crippen LogP contribution in [0, 0.1) is 0 Å². The van der Waals surface area contributed by atoms with Crippen LogP contribution in [0.3, 0.4) is 0 Å². The van der Waals surface area contributed by atoms with Gasteiger partial charge in [0, 0.05) is 12.2 Å². The van der Waals surface area contributed by atoms with Gasteiger partial charge in [0.25, 0.3) is 0 Å². The second-order valence-electron chi connectivity index (χ2n) is 4.72. The van der Waals surface area contributed by atoms with Crippen molar-refractivity contribution in [3.8, 4) is 0 Å². The minimum Gasteiger partial charge on any atom is -0.311 e. The number of H-pyrrole nitrogens is 1. The first-order valence-corrected chi connectivity index (χ1v) is 6.67. The highest BCUT2D eigenvalue weighted by molar-refractivity contribution is 5.26. The van der Waals surface area contributed by atoms with Gasteiger partial charge in [0.15, 0.2) is 0 Å². The molecule has 2 rings (SSSR count). The van der Waals surface area contributed by atoms with E-state index < -0.39 is 0 Å². The summed E-state index contributed by atoms with van der Waals surface area (Å²) in [6, 6.07) is 0. The van der Waals surface area contributed by atoms with E-state index >= 15 is 0 Å². The fourth-order valence-electron chi connectivity index (χ4n) is 2.38. The number of hydrogen-bond acceptors (Lipinski definition) is 2. The Kier molecular flexibility index (Phi) is 4.40. The van der Waals surface area contributed by atoms with Gasteiger partial charge in [-0.3, -0.25) is 5.10 Å². The quantitative estimate of drug-likeness (QED) is 0.592. The summed E-state index contributed by atoms with van der Waals surface area (Å²) in [5, 5.41) is 11.1. The van der Waals surface area contributed by atoms with E-state index in [4.69, 9.17) is 0 Å². The third-order valence-corrected chi connectivity index (χ3v) is 3.39. The average Bonchev–Trinajstić information content (AvgIpc) is 2.54. The van der Waals surface area contributed by atoms with Crippen molar-refractivity contribution in [2.24, 2.45) is 0 Å². The minimum absolute atomic E-state index is 0.936. The van der Waals surface area contributed by atoms with Gasteiger partial charge < -0.3 is 5.32 Å². The van der Waals surface area contributed by atoms with Gasteiger partial charge in [-0.2, -0.15) is 5.10 Å². The van der Waals surface area contributed by atoms with Crippen molar-refractivity contribution in [1.82, 2.24) is 15.5 Å². The number of aromatic nitrogens is 2. The molecule has 0 fully saturated rings. The number of fused-ring (bicyclic) bond motifs is 1. The largest absolute Gasteiger partial charge is 0.311 e. The molecular weight excluding hydrogens is 198 g/mol. The number of hydrogen-bond donors (Lipinski definition) is 2. The molecule has 1 heterocycles. The monoisotopic (exact) mass is 221 g/mol. The molecule has 0 unspecified atom stereocenters. The summed E-state index contributed by atoms with van der Waals surface area (Å²) in [7, 11) is 0. The molecule has 90 valence electrons. The van der Waals surface area contributed by atoms with Crippen LogP contribution in [0.25, 0.3) is 0 Å². The van der Waals surface area contributed by atoms with Crippen molar-refractivity contribution in [2.45, 2.75) is 58.4 Å². The Balaban J connectivity index is 1.91. The smallest absolute Gasteiger partial charge is 0.0794 e. The van der Waals surface area contributed by atoms with Crippen LogP contribution in [0.5, 0.6) is 0 Å². The number of rotatable bonds is 5. The van der Waals surface area contributed by atoms with Crippen molar-refractivity contribution < 1.29 is 0 Å². The Morgan fingerprint density at radius 1 is 1.25 bits per heavy atom. The van der Waals surface area contributed by atoms with E-state index in [2.05, 4.69) is 22.4 Å². The summed E-state index contributed by atoms with van der Waals surface area (Å²) in [5.41, 5.74) is 4.15. The molecule has 0 bridgehead atoms. The Labute approximate surface area is 98.0 Å². The molecule has 3 nitrogen and oxygen atoms in total. The first kappa shape index (κ1) is 11.6. The Morgan fingerprint density at radius 3 is 3.00 bits per heavy atom. The topological polar surface area (TPSA) is 40.7 Å². The molecule has 0 atom stereocenters. The van der Waals surface area contributed by atoms with E-state index in [0.717, 1.165) is 13.1 Å². The van der Waals surface area contributed by atoms with E-state index in [1.165, 1.54) is 61.9 Å². The number of unbranched alkanes of at least 4 members (excludes halogenated alkanes) is 1. The van der Waals surface area contributed by atoms with Gasteiger partial charge in [-0.1, -0.05) is 19.8 Å². The molecule has 1 aliphatic rings. The maximum absolute atomic E-state index is 4.45. The first-order valence-electron chi connectivity index (χ1n) is 6.67. The molecule has 0 aliphatic heterocycles. The molecular formula is C13H23N3. The third kappa shape index (κ3) is 2.85. The molecule has 0 aromatic carbocycles. The lowest BCUT2D eigenvalue weighted by molar-refractivity contribution is 0.626. The fourth-order valence-corrected chi connectivity index (χ4v) is 2.38.